The number of unbranched alkanes of at least 4 members (excludes halogenated alkanes) is 6. The molecule has 0 atom stereocenters. The smallest absolute Gasteiger partial charge is 0.0715 e. The molecule has 0 unspecified atom stereocenters. The second-order valence-corrected chi connectivity index (χ2v) is 28.6. The zero-order valence-electron chi connectivity index (χ0n) is 29.1. The van der Waals surface area contributed by atoms with Crippen molar-refractivity contribution in [3.8, 4) is 0 Å². The van der Waals surface area contributed by atoms with Crippen molar-refractivity contribution in [1.82, 2.24) is 0 Å². The second-order valence-electron chi connectivity index (χ2n) is 11.4. The van der Waals surface area contributed by atoms with E-state index in [0.29, 0.717) is 0 Å². The molecule has 4 nitrogen and oxygen atoms in total. The van der Waals surface area contributed by atoms with Crippen LogP contribution in [0.15, 0.2) is 60.7 Å². The first kappa shape index (κ1) is 45.1. The molecule has 0 fully saturated rings. The molecule has 0 aliphatic heterocycles. The van der Waals surface area contributed by atoms with E-state index in [0.717, 1.165) is 0 Å². The van der Waals surface area contributed by atoms with Crippen LogP contribution >= 0.6 is 0 Å². The van der Waals surface area contributed by atoms with Crippen LogP contribution in [0.1, 0.15) is 139 Å². The molecule has 0 aliphatic rings. The van der Waals surface area contributed by atoms with Gasteiger partial charge in [-0.15, -0.1) is 0 Å². The minimum absolute atomic E-state index is 0.220. The number of benzene rings is 2. The zero-order chi connectivity index (χ0) is 33.3. The van der Waals surface area contributed by atoms with Crippen molar-refractivity contribution in [1.29, 1.82) is 0 Å². The van der Waals surface area contributed by atoms with Crippen molar-refractivity contribution in [2.24, 2.45) is 0 Å². The van der Waals surface area contributed by atoms with Crippen LogP contribution in [0, 0.1) is 0 Å². The van der Waals surface area contributed by atoms with E-state index in [2.05, 4.69) is 41.5 Å². The Morgan fingerprint density at radius 3 is 0.773 bits per heavy atom. The molecule has 0 aromatic heterocycles. The summed E-state index contributed by atoms with van der Waals surface area (Å²) < 4.78 is 10.1. The largest absolute Gasteiger partial charge is 0.545 e. The van der Waals surface area contributed by atoms with Crippen molar-refractivity contribution >= 4 is 51.5 Å². The molecule has 0 heterocycles. The molecule has 0 radical (unpaired) electrons. The van der Waals surface area contributed by atoms with Gasteiger partial charge in [0.25, 0.3) is 0 Å². The Morgan fingerprint density at radius 2 is 0.636 bits per heavy atom. The van der Waals surface area contributed by atoms with E-state index < -0.39 is 51.5 Å². The third-order valence-electron chi connectivity index (χ3n) is 7.32. The van der Waals surface area contributed by atoms with Crippen LogP contribution in [0.4, 0.5) is 0 Å². The Morgan fingerprint density at radius 1 is 0.432 bits per heavy atom. The summed E-state index contributed by atoms with van der Waals surface area (Å²) in [5, 5.41) is 20.2. The fourth-order valence-electron chi connectivity index (χ4n) is 4.46. The van der Waals surface area contributed by atoms with Gasteiger partial charge in [-0.25, -0.2) is 0 Å². The van der Waals surface area contributed by atoms with Crippen molar-refractivity contribution in [2.45, 2.75) is 145 Å². The van der Waals surface area contributed by atoms with Crippen LogP contribution in [0.3, 0.4) is 0 Å². The van der Waals surface area contributed by atoms with Crippen LogP contribution in [-0.2, 0) is 0 Å². The predicted molar refractivity (Wildman–Crippen MR) is 191 cm³/mol. The predicted octanol–water partition coefficient (Wildman–Crippen LogP) is 9.86. The topological polar surface area (TPSA) is 80.3 Å². The Hall–Kier alpha value is -1.02. The van der Waals surface area contributed by atoms with Crippen LogP contribution in [0.5, 0.6) is 0 Å². The molecule has 0 bridgehead atoms. The third-order valence-corrected chi connectivity index (χ3v) is 25.5. The Labute approximate surface area is 286 Å². The minimum Gasteiger partial charge on any atom is -0.545 e. The zero-order valence-corrected chi connectivity index (χ0v) is 34.8. The monoisotopic (exact) mass is 824 g/mol. The molecule has 0 saturated carbocycles. The first-order chi connectivity index (χ1) is 21.3. The van der Waals surface area contributed by atoms with Crippen LogP contribution in [0.2, 0.25) is 26.6 Å². The summed E-state index contributed by atoms with van der Waals surface area (Å²) in [6.07, 6.45) is 17.7. The SMILES string of the molecule is CCC[CH2][Sn+]([CH2]CCC)[CH2]CCC.CCC[CH2][Sn+]([CH2]CCC)[CH2]CCC.O=C([O-])c1ccccc1.O=C([O-])c1ccccc1. The Bertz CT molecular complexity index is 765. The average molecular weight is 822 g/mol. The third kappa shape index (κ3) is 29.7. The molecule has 0 spiro atoms. The van der Waals surface area contributed by atoms with Gasteiger partial charge in [-0.1, -0.05) is 60.7 Å². The number of hydrogen-bond donors (Lipinski definition) is 0. The van der Waals surface area contributed by atoms with E-state index in [1.165, 1.54) is 101 Å². The number of carbonyl (C=O) groups excluding carboxylic acids is 2. The molecule has 0 aliphatic carbocycles. The van der Waals surface area contributed by atoms with Gasteiger partial charge < -0.3 is 19.8 Å². The van der Waals surface area contributed by atoms with E-state index in [-0.39, 0.29) is 11.1 Å². The summed E-state index contributed by atoms with van der Waals surface area (Å²) in [6, 6.07) is 16.1. The molecule has 0 amide bonds. The van der Waals surface area contributed by atoms with Gasteiger partial charge in [0, 0.05) is 0 Å². The molecule has 2 rings (SSSR count). The fourth-order valence-corrected chi connectivity index (χ4v) is 23.4. The van der Waals surface area contributed by atoms with Gasteiger partial charge in [-0.3, -0.25) is 0 Å². The van der Waals surface area contributed by atoms with Crippen LogP contribution < -0.4 is 10.2 Å². The first-order valence-electron chi connectivity index (χ1n) is 17.5. The summed E-state index contributed by atoms with van der Waals surface area (Å²) in [6.45, 7) is 14.0. The van der Waals surface area contributed by atoms with E-state index in [1.807, 2.05) is 0 Å². The number of carbonyl (C=O) groups is 2. The molecule has 2 aromatic carbocycles. The van der Waals surface area contributed by atoms with E-state index in [9.17, 15) is 19.8 Å². The van der Waals surface area contributed by atoms with E-state index in [1.54, 1.807) is 63.0 Å². The first-order valence-corrected chi connectivity index (χ1v) is 29.6. The fraction of sp³-hybridized carbons (Fsp3) is 0.632. The average Bonchev–Trinajstić information content (AvgIpc) is 3.05. The van der Waals surface area contributed by atoms with E-state index >= 15 is 0 Å². The number of rotatable bonds is 20. The van der Waals surface area contributed by atoms with E-state index in [4.69, 9.17) is 0 Å². The molecule has 6 heteroatoms. The van der Waals surface area contributed by atoms with Gasteiger partial charge in [0.1, 0.15) is 0 Å². The minimum atomic E-state index is -1.13. The quantitative estimate of drug-likeness (QED) is 0.125. The normalized spacial score (nSPS) is 9.77. The molecular formula is C38H64O4Sn2. The van der Waals surface area contributed by atoms with Crippen molar-refractivity contribution < 1.29 is 19.8 Å². The van der Waals surface area contributed by atoms with Gasteiger partial charge >= 0.3 is 185 Å². The Balaban J connectivity index is 0. The molecule has 2 aromatic rings. The van der Waals surface area contributed by atoms with Gasteiger partial charge in [-0.05, 0) is 11.1 Å². The molecule has 0 saturated heterocycles. The number of carboxylic acid groups (broad SMARTS) is 2. The van der Waals surface area contributed by atoms with Gasteiger partial charge in [-0.2, -0.15) is 0 Å². The number of carboxylic acids is 2. The van der Waals surface area contributed by atoms with Gasteiger partial charge in [0.2, 0.25) is 0 Å². The summed E-state index contributed by atoms with van der Waals surface area (Å²) in [7, 11) is 0. The second kappa shape index (κ2) is 34.8. The number of hydrogen-bond acceptors (Lipinski definition) is 4. The summed E-state index contributed by atoms with van der Waals surface area (Å²) in [5.74, 6) is -2.26. The summed E-state index contributed by atoms with van der Waals surface area (Å²) in [5.41, 5.74) is 0.440. The van der Waals surface area contributed by atoms with Gasteiger partial charge in [0.15, 0.2) is 0 Å². The standard InChI is InChI=1S/2C7H6O2.6C4H9.2Sn/c2*8-7(9)6-4-2-1-3-5-6;6*1-3-4-2;;/h2*1-5H,(H,8,9);6*1,3-4H2,2H3;;/q;;;;;;;;2*+1/p-2. The Kier molecular flexibility index (Phi) is 35.7. The molecule has 44 heavy (non-hydrogen) atoms. The summed E-state index contributed by atoms with van der Waals surface area (Å²) >= 11 is -1.68. The maximum Gasteiger partial charge on any atom is 0.0715 e. The van der Waals surface area contributed by atoms with Crippen molar-refractivity contribution in [3.63, 3.8) is 0 Å². The maximum absolute atomic E-state index is 10.1. The van der Waals surface area contributed by atoms with Gasteiger partial charge in [0.05, 0.1) is 11.9 Å². The summed E-state index contributed by atoms with van der Waals surface area (Å²) in [4.78, 5) is 20.2. The molecule has 0 N–H and O–H groups in total. The van der Waals surface area contributed by atoms with Crippen LogP contribution in [-0.4, -0.2) is 51.5 Å². The number of aromatic carboxylic acids is 2. The van der Waals surface area contributed by atoms with Crippen molar-refractivity contribution in [3.05, 3.63) is 71.8 Å². The maximum atomic E-state index is 10.1. The molecular weight excluding hydrogens is 758 g/mol. The molecule has 248 valence electrons. The van der Waals surface area contributed by atoms with Crippen LogP contribution in [0.25, 0.3) is 0 Å². The van der Waals surface area contributed by atoms with Crippen molar-refractivity contribution in [2.75, 3.05) is 0 Å².